The van der Waals surface area contributed by atoms with Crippen molar-refractivity contribution in [3.8, 4) is 0 Å². The Balaban J connectivity index is 1.94. The zero-order valence-electron chi connectivity index (χ0n) is 9.33. The fraction of sp³-hybridized carbons (Fsp3) is 0.571. The summed E-state index contributed by atoms with van der Waals surface area (Å²) in [5, 5.41) is 0. The van der Waals surface area contributed by atoms with Crippen LogP contribution in [0.2, 0.25) is 0 Å². The van der Waals surface area contributed by atoms with Gasteiger partial charge in [0.05, 0.1) is 0 Å². The van der Waals surface area contributed by atoms with Crippen molar-refractivity contribution < 1.29 is 0 Å². The Morgan fingerprint density at radius 1 is 1.07 bits per heavy atom. The van der Waals surface area contributed by atoms with E-state index >= 15 is 0 Å². The summed E-state index contributed by atoms with van der Waals surface area (Å²) in [6, 6.07) is 11.0. The molecule has 1 saturated carbocycles. The fourth-order valence-electron chi connectivity index (χ4n) is 2.64. The molecule has 0 N–H and O–H groups in total. The molecule has 0 heterocycles. The molecule has 1 fully saturated rings. The highest BCUT2D eigenvalue weighted by Crippen LogP contribution is 2.38. The molecule has 0 radical (unpaired) electrons. The monoisotopic (exact) mass is 266 g/mol. The van der Waals surface area contributed by atoms with Gasteiger partial charge in [0.25, 0.3) is 0 Å². The summed E-state index contributed by atoms with van der Waals surface area (Å²) in [6.07, 6.45) is 5.49. The third-order valence-electron chi connectivity index (χ3n) is 3.69. The maximum Gasteiger partial charge on any atom is 0.0145 e. The summed E-state index contributed by atoms with van der Waals surface area (Å²) in [4.78, 5) is 0.689. The maximum atomic E-state index is 3.71. The zero-order valence-corrected chi connectivity index (χ0v) is 10.9. The summed E-state index contributed by atoms with van der Waals surface area (Å²) in [5.74, 6) is 1.71. The molecular weight excluding hydrogens is 248 g/mol. The lowest BCUT2D eigenvalue weighted by atomic mass is 9.78. The van der Waals surface area contributed by atoms with Crippen molar-refractivity contribution in [1.82, 2.24) is 0 Å². The van der Waals surface area contributed by atoms with Gasteiger partial charge in [-0.25, -0.2) is 0 Å². The van der Waals surface area contributed by atoms with Crippen molar-refractivity contribution >= 4 is 15.9 Å². The van der Waals surface area contributed by atoms with Gasteiger partial charge in [-0.3, -0.25) is 0 Å². The topological polar surface area (TPSA) is 0 Å². The molecule has 1 aromatic rings. The Morgan fingerprint density at radius 2 is 1.67 bits per heavy atom. The van der Waals surface area contributed by atoms with Crippen LogP contribution in [0, 0.1) is 5.92 Å². The first-order valence-electron chi connectivity index (χ1n) is 5.96. The summed E-state index contributed by atoms with van der Waals surface area (Å²) >= 11 is 3.71. The standard InChI is InChI=1S/C14H19Br/c1-11(15)12-7-9-14(10-8-12)13-5-3-2-4-6-13/h2-6,11-12,14H,7-10H2,1H3. The van der Waals surface area contributed by atoms with Gasteiger partial charge in [-0.15, -0.1) is 0 Å². The molecule has 0 aliphatic heterocycles. The number of rotatable bonds is 2. The second-order valence-electron chi connectivity index (χ2n) is 4.70. The Labute approximate surface area is 101 Å². The Kier molecular flexibility index (Phi) is 3.85. The van der Waals surface area contributed by atoms with Crippen molar-refractivity contribution in [1.29, 1.82) is 0 Å². The quantitative estimate of drug-likeness (QED) is 0.679. The molecule has 0 spiro atoms. The van der Waals surface area contributed by atoms with Gasteiger partial charge in [-0.05, 0) is 43.1 Å². The second kappa shape index (κ2) is 5.16. The first-order valence-corrected chi connectivity index (χ1v) is 6.88. The average Bonchev–Trinajstić information content (AvgIpc) is 2.30. The molecule has 2 rings (SSSR count). The van der Waals surface area contributed by atoms with E-state index in [1.807, 2.05) is 0 Å². The second-order valence-corrected chi connectivity index (χ2v) is 6.14. The molecule has 15 heavy (non-hydrogen) atoms. The average molecular weight is 267 g/mol. The lowest BCUT2D eigenvalue weighted by Gasteiger charge is -2.30. The minimum Gasteiger partial charge on any atom is -0.0891 e. The van der Waals surface area contributed by atoms with E-state index in [1.165, 1.54) is 31.2 Å². The fourth-order valence-corrected chi connectivity index (χ4v) is 3.17. The van der Waals surface area contributed by atoms with Crippen LogP contribution in [-0.4, -0.2) is 4.83 Å². The van der Waals surface area contributed by atoms with Crippen molar-refractivity contribution in [3.05, 3.63) is 35.9 Å². The Bertz CT molecular complexity index is 283. The molecule has 1 aliphatic rings. The smallest absolute Gasteiger partial charge is 0.0145 e. The van der Waals surface area contributed by atoms with Crippen molar-refractivity contribution in [2.24, 2.45) is 5.92 Å². The van der Waals surface area contributed by atoms with Gasteiger partial charge in [-0.2, -0.15) is 0 Å². The van der Waals surface area contributed by atoms with Gasteiger partial charge in [0.15, 0.2) is 0 Å². The highest BCUT2D eigenvalue weighted by molar-refractivity contribution is 9.09. The molecule has 0 saturated heterocycles. The van der Waals surface area contributed by atoms with Gasteiger partial charge in [0.2, 0.25) is 0 Å². The van der Waals surface area contributed by atoms with Crippen LogP contribution in [0.3, 0.4) is 0 Å². The minimum absolute atomic E-state index is 0.689. The number of benzene rings is 1. The number of hydrogen-bond donors (Lipinski definition) is 0. The van der Waals surface area contributed by atoms with Crippen molar-refractivity contribution in [3.63, 3.8) is 0 Å². The van der Waals surface area contributed by atoms with Crippen LogP contribution in [0.5, 0.6) is 0 Å². The van der Waals surface area contributed by atoms with E-state index in [0.29, 0.717) is 4.83 Å². The van der Waals surface area contributed by atoms with Gasteiger partial charge in [0, 0.05) is 4.83 Å². The van der Waals surface area contributed by atoms with E-state index in [0.717, 1.165) is 11.8 Å². The predicted molar refractivity (Wildman–Crippen MR) is 69.5 cm³/mol. The maximum absolute atomic E-state index is 3.71. The highest BCUT2D eigenvalue weighted by Gasteiger charge is 2.24. The van der Waals surface area contributed by atoms with Crippen molar-refractivity contribution in [2.75, 3.05) is 0 Å². The molecular formula is C14H19Br. The van der Waals surface area contributed by atoms with E-state index in [-0.39, 0.29) is 0 Å². The third-order valence-corrected chi connectivity index (χ3v) is 4.44. The van der Waals surface area contributed by atoms with Gasteiger partial charge >= 0.3 is 0 Å². The Hall–Kier alpha value is -0.300. The molecule has 1 atom stereocenters. The van der Waals surface area contributed by atoms with Gasteiger partial charge in [-0.1, -0.05) is 53.2 Å². The van der Waals surface area contributed by atoms with Crippen LogP contribution in [0.15, 0.2) is 30.3 Å². The number of halogens is 1. The lowest BCUT2D eigenvalue weighted by molar-refractivity contribution is 0.327. The number of alkyl halides is 1. The lowest BCUT2D eigenvalue weighted by Crippen LogP contribution is -2.18. The van der Waals surface area contributed by atoms with Crippen LogP contribution >= 0.6 is 15.9 Å². The van der Waals surface area contributed by atoms with E-state index < -0.39 is 0 Å². The molecule has 1 aliphatic carbocycles. The molecule has 0 aromatic heterocycles. The summed E-state index contributed by atoms with van der Waals surface area (Å²) < 4.78 is 0. The normalized spacial score (nSPS) is 28.7. The predicted octanol–water partition coefficient (Wildman–Crippen LogP) is 4.74. The minimum atomic E-state index is 0.689. The molecule has 1 heteroatoms. The van der Waals surface area contributed by atoms with Crippen molar-refractivity contribution in [2.45, 2.75) is 43.4 Å². The Morgan fingerprint density at radius 3 is 2.20 bits per heavy atom. The summed E-state index contributed by atoms with van der Waals surface area (Å²) in [5.41, 5.74) is 1.54. The SMILES string of the molecule is CC(Br)C1CCC(c2ccccc2)CC1. The van der Waals surface area contributed by atoms with E-state index in [9.17, 15) is 0 Å². The molecule has 1 aromatic carbocycles. The van der Waals surface area contributed by atoms with E-state index in [1.54, 1.807) is 0 Å². The van der Waals surface area contributed by atoms with Gasteiger partial charge in [0.1, 0.15) is 0 Å². The molecule has 0 nitrogen and oxygen atoms in total. The number of hydrogen-bond acceptors (Lipinski definition) is 0. The van der Waals surface area contributed by atoms with E-state index in [4.69, 9.17) is 0 Å². The first-order chi connectivity index (χ1) is 7.27. The third kappa shape index (κ3) is 2.84. The largest absolute Gasteiger partial charge is 0.0891 e. The molecule has 1 unspecified atom stereocenters. The highest BCUT2D eigenvalue weighted by atomic mass is 79.9. The molecule has 0 amide bonds. The van der Waals surface area contributed by atoms with Crippen LogP contribution in [0.4, 0.5) is 0 Å². The molecule has 0 bridgehead atoms. The zero-order chi connectivity index (χ0) is 10.7. The molecule has 82 valence electrons. The van der Waals surface area contributed by atoms with Gasteiger partial charge < -0.3 is 0 Å². The first kappa shape index (κ1) is 11.2. The van der Waals surface area contributed by atoms with E-state index in [2.05, 4.69) is 53.2 Å². The van der Waals surface area contributed by atoms with Crippen LogP contribution in [0.25, 0.3) is 0 Å². The summed E-state index contributed by atoms with van der Waals surface area (Å²) in [6.45, 7) is 2.29. The van der Waals surface area contributed by atoms with Crippen LogP contribution < -0.4 is 0 Å². The summed E-state index contributed by atoms with van der Waals surface area (Å²) in [7, 11) is 0. The van der Waals surface area contributed by atoms with Crippen LogP contribution in [-0.2, 0) is 0 Å². The van der Waals surface area contributed by atoms with Crippen LogP contribution in [0.1, 0.15) is 44.1 Å².